The Kier molecular flexibility index (Phi) is 3.85. The highest BCUT2D eigenvalue weighted by molar-refractivity contribution is 6.30. The monoisotopic (exact) mass is 268 g/mol. The lowest BCUT2D eigenvalue weighted by atomic mass is 10.0. The Morgan fingerprint density at radius 1 is 1.50 bits per heavy atom. The Labute approximate surface area is 114 Å². The number of rotatable bonds is 2. The van der Waals surface area contributed by atoms with Crippen molar-refractivity contribution >= 4 is 17.3 Å². The second kappa shape index (κ2) is 5.08. The summed E-state index contributed by atoms with van der Waals surface area (Å²) in [6, 6.07) is 5.64. The van der Waals surface area contributed by atoms with E-state index in [-0.39, 0.29) is 11.7 Å². The third kappa shape index (κ3) is 3.37. The largest absolute Gasteiger partial charge is 0.398 e. The Hall–Kier alpha value is -0.770. The Balaban J connectivity index is 2.11. The van der Waals surface area contributed by atoms with Gasteiger partial charge in [0.05, 0.1) is 11.7 Å². The van der Waals surface area contributed by atoms with E-state index >= 15 is 0 Å². The van der Waals surface area contributed by atoms with Crippen molar-refractivity contribution in [3.8, 4) is 0 Å². The summed E-state index contributed by atoms with van der Waals surface area (Å²) in [6.07, 6.45) is 0.245. The lowest BCUT2D eigenvalue weighted by Crippen LogP contribution is -2.51. The fraction of sp³-hybridized carbons (Fsp3) is 0.571. The Morgan fingerprint density at radius 3 is 2.89 bits per heavy atom. The highest BCUT2D eigenvalue weighted by atomic mass is 35.5. The molecule has 0 spiro atoms. The molecule has 18 heavy (non-hydrogen) atoms. The van der Waals surface area contributed by atoms with Crippen LogP contribution in [0.5, 0.6) is 0 Å². The van der Waals surface area contributed by atoms with Gasteiger partial charge in [0.15, 0.2) is 0 Å². The van der Waals surface area contributed by atoms with Crippen LogP contribution in [-0.4, -0.2) is 29.7 Å². The second-order valence-electron chi connectivity index (χ2n) is 5.70. The minimum atomic E-state index is -0.106. The number of ether oxygens (including phenoxy) is 1. The molecule has 0 bridgehead atoms. The minimum absolute atomic E-state index is 0.106. The van der Waals surface area contributed by atoms with Gasteiger partial charge in [-0.25, -0.2) is 0 Å². The average Bonchev–Trinajstić information content (AvgIpc) is 2.20. The van der Waals surface area contributed by atoms with Crippen LogP contribution in [0.2, 0.25) is 5.02 Å². The van der Waals surface area contributed by atoms with Crippen molar-refractivity contribution in [2.75, 3.05) is 18.8 Å². The molecule has 2 N–H and O–H groups in total. The quantitative estimate of drug-likeness (QED) is 0.839. The van der Waals surface area contributed by atoms with E-state index in [4.69, 9.17) is 22.1 Å². The molecule has 0 aliphatic carbocycles. The zero-order chi connectivity index (χ0) is 13.3. The zero-order valence-electron chi connectivity index (χ0n) is 11.2. The van der Waals surface area contributed by atoms with E-state index in [0.717, 1.165) is 35.9 Å². The van der Waals surface area contributed by atoms with Gasteiger partial charge in [0, 0.05) is 30.3 Å². The van der Waals surface area contributed by atoms with Crippen molar-refractivity contribution in [3.63, 3.8) is 0 Å². The van der Waals surface area contributed by atoms with Crippen LogP contribution in [0.3, 0.4) is 0 Å². The SMILES string of the molecule is CC1CN(Cc2cc(Cl)ccc2N)CC(C)(C)O1. The smallest absolute Gasteiger partial charge is 0.0757 e. The van der Waals surface area contributed by atoms with E-state index in [1.54, 1.807) is 0 Å². The minimum Gasteiger partial charge on any atom is -0.398 e. The first-order valence-electron chi connectivity index (χ1n) is 6.30. The van der Waals surface area contributed by atoms with Gasteiger partial charge >= 0.3 is 0 Å². The van der Waals surface area contributed by atoms with E-state index in [1.807, 2.05) is 18.2 Å². The van der Waals surface area contributed by atoms with Gasteiger partial charge in [0.1, 0.15) is 0 Å². The molecule has 1 fully saturated rings. The number of hydrogen-bond donors (Lipinski definition) is 1. The maximum absolute atomic E-state index is 6.02. The normalized spacial score (nSPS) is 24.1. The maximum atomic E-state index is 6.02. The van der Waals surface area contributed by atoms with Crippen LogP contribution in [0.4, 0.5) is 5.69 Å². The van der Waals surface area contributed by atoms with E-state index in [1.165, 1.54) is 0 Å². The lowest BCUT2D eigenvalue weighted by Gasteiger charge is -2.41. The summed E-state index contributed by atoms with van der Waals surface area (Å²) < 4.78 is 5.90. The highest BCUT2D eigenvalue weighted by Crippen LogP contribution is 2.25. The van der Waals surface area contributed by atoms with Crippen LogP contribution in [0.1, 0.15) is 26.3 Å². The predicted octanol–water partition coefficient (Wildman–Crippen LogP) is 2.92. The first-order valence-corrected chi connectivity index (χ1v) is 6.67. The molecule has 1 atom stereocenters. The number of morpholine rings is 1. The third-order valence-electron chi connectivity index (χ3n) is 3.14. The molecule has 1 unspecified atom stereocenters. The van der Waals surface area contributed by atoms with Crippen molar-refractivity contribution in [2.24, 2.45) is 0 Å². The van der Waals surface area contributed by atoms with Crippen LogP contribution in [0.15, 0.2) is 18.2 Å². The molecule has 4 heteroatoms. The molecule has 2 rings (SSSR count). The van der Waals surface area contributed by atoms with Gasteiger partial charge in [-0.15, -0.1) is 0 Å². The van der Waals surface area contributed by atoms with E-state index in [9.17, 15) is 0 Å². The molecule has 0 aromatic heterocycles. The molecule has 1 aliphatic heterocycles. The zero-order valence-corrected chi connectivity index (χ0v) is 12.0. The van der Waals surface area contributed by atoms with E-state index in [0.29, 0.717) is 0 Å². The maximum Gasteiger partial charge on any atom is 0.0757 e. The Bertz CT molecular complexity index is 434. The molecule has 1 aromatic carbocycles. The number of hydrogen-bond acceptors (Lipinski definition) is 3. The molecular formula is C14H21ClN2O. The van der Waals surface area contributed by atoms with Crippen molar-refractivity contribution in [2.45, 2.75) is 39.0 Å². The summed E-state index contributed by atoms with van der Waals surface area (Å²) in [5.41, 5.74) is 7.78. The van der Waals surface area contributed by atoms with E-state index < -0.39 is 0 Å². The number of benzene rings is 1. The predicted molar refractivity (Wildman–Crippen MR) is 75.8 cm³/mol. The first kappa shape index (κ1) is 13.7. The number of nitrogens with zero attached hydrogens (tertiary/aromatic N) is 1. The van der Waals surface area contributed by atoms with Crippen LogP contribution in [0, 0.1) is 0 Å². The van der Waals surface area contributed by atoms with Gasteiger partial charge in [-0.1, -0.05) is 11.6 Å². The van der Waals surface area contributed by atoms with Crippen molar-refractivity contribution in [1.29, 1.82) is 0 Å². The first-order chi connectivity index (χ1) is 8.35. The number of nitrogens with two attached hydrogens (primary N) is 1. The number of nitrogen functional groups attached to an aromatic ring is 1. The standard InChI is InChI=1S/C14H21ClN2O/c1-10-7-17(9-14(2,3)18-10)8-11-6-12(15)4-5-13(11)16/h4-6,10H,7-9,16H2,1-3H3. The topological polar surface area (TPSA) is 38.5 Å². The fourth-order valence-electron chi connectivity index (χ4n) is 2.66. The lowest BCUT2D eigenvalue weighted by molar-refractivity contribution is -0.130. The van der Waals surface area contributed by atoms with Gasteiger partial charge < -0.3 is 10.5 Å². The van der Waals surface area contributed by atoms with Crippen molar-refractivity contribution in [1.82, 2.24) is 4.90 Å². The van der Waals surface area contributed by atoms with E-state index in [2.05, 4.69) is 25.7 Å². The van der Waals surface area contributed by atoms with Gasteiger partial charge in [-0.05, 0) is 44.5 Å². The molecular weight excluding hydrogens is 248 g/mol. The average molecular weight is 269 g/mol. The number of halogens is 1. The summed E-state index contributed by atoms with van der Waals surface area (Å²) in [4.78, 5) is 2.37. The van der Waals surface area contributed by atoms with Gasteiger partial charge in [-0.3, -0.25) is 4.90 Å². The molecule has 0 radical (unpaired) electrons. The van der Waals surface area contributed by atoms with Gasteiger partial charge in [0.25, 0.3) is 0 Å². The van der Waals surface area contributed by atoms with Crippen molar-refractivity contribution < 1.29 is 4.74 Å². The van der Waals surface area contributed by atoms with Crippen LogP contribution >= 0.6 is 11.6 Å². The van der Waals surface area contributed by atoms with Crippen molar-refractivity contribution in [3.05, 3.63) is 28.8 Å². The van der Waals surface area contributed by atoms with Gasteiger partial charge in [-0.2, -0.15) is 0 Å². The summed E-state index contributed by atoms with van der Waals surface area (Å²) in [7, 11) is 0. The van der Waals surface area contributed by atoms with Crippen LogP contribution in [-0.2, 0) is 11.3 Å². The molecule has 1 saturated heterocycles. The molecule has 1 aromatic rings. The van der Waals surface area contributed by atoms with Gasteiger partial charge in [0.2, 0.25) is 0 Å². The molecule has 1 heterocycles. The highest BCUT2D eigenvalue weighted by Gasteiger charge is 2.31. The summed E-state index contributed by atoms with van der Waals surface area (Å²) in [5, 5.41) is 0.736. The molecule has 1 aliphatic rings. The molecule has 0 saturated carbocycles. The summed E-state index contributed by atoms with van der Waals surface area (Å²) in [6.45, 7) is 9.01. The Morgan fingerprint density at radius 2 is 2.22 bits per heavy atom. The molecule has 3 nitrogen and oxygen atoms in total. The second-order valence-corrected chi connectivity index (χ2v) is 6.14. The summed E-state index contributed by atoms with van der Waals surface area (Å²) >= 11 is 6.02. The fourth-order valence-corrected chi connectivity index (χ4v) is 2.85. The van der Waals surface area contributed by atoms with Crippen LogP contribution in [0.25, 0.3) is 0 Å². The van der Waals surface area contributed by atoms with Crippen LogP contribution < -0.4 is 5.73 Å². The molecule has 0 amide bonds. The molecule has 100 valence electrons. The number of anilines is 1. The third-order valence-corrected chi connectivity index (χ3v) is 3.37. The summed E-state index contributed by atoms with van der Waals surface area (Å²) in [5.74, 6) is 0.